The van der Waals surface area contributed by atoms with Crippen LogP contribution in [-0.4, -0.2) is 39.3 Å². The molecule has 0 saturated carbocycles. The second kappa shape index (κ2) is 9.33. The number of pyridine rings is 2. The molecule has 1 N–H and O–H groups in total. The number of hydrogen-bond acceptors (Lipinski definition) is 6. The van der Waals surface area contributed by atoms with Crippen LogP contribution in [0.1, 0.15) is 41.3 Å². The third-order valence-corrected chi connectivity index (χ3v) is 6.18. The SMILES string of the molecule is Cc1nc2c(OCc3ccccc3F)cccn2c1C(=O)NC1(c2ccccn2)COC(C)(C)OC1. The number of aryl methyl sites for hydroxylation is 1. The number of ether oxygens (including phenoxy) is 3. The summed E-state index contributed by atoms with van der Waals surface area (Å²) in [5.74, 6) is -1.03. The summed E-state index contributed by atoms with van der Waals surface area (Å²) in [5, 5.41) is 3.10. The summed E-state index contributed by atoms with van der Waals surface area (Å²) in [4.78, 5) is 22.7. The average molecular weight is 491 g/mol. The molecule has 0 aliphatic carbocycles. The lowest BCUT2D eigenvalue weighted by molar-refractivity contribution is -0.272. The van der Waals surface area contributed by atoms with Gasteiger partial charge in [0.15, 0.2) is 17.2 Å². The van der Waals surface area contributed by atoms with Gasteiger partial charge in [-0.15, -0.1) is 0 Å². The molecule has 0 radical (unpaired) electrons. The zero-order valence-electron chi connectivity index (χ0n) is 20.3. The first-order chi connectivity index (χ1) is 17.3. The van der Waals surface area contributed by atoms with Crippen LogP contribution in [0.3, 0.4) is 0 Å². The van der Waals surface area contributed by atoms with Crippen LogP contribution in [0.25, 0.3) is 5.65 Å². The highest BCUT2D eigenvalue weighted by atomic mass is 19.1. The summed E-state index contributed by atoms with van der Waals surface area (Å²) < 4.78 is 33.5. The second-order valence-electron chi connectivity index (χ2n) is 9.22. The summed E-state index contributed by atoms with van der Waals surface area (Å²) in [6, 6.07) is 15.4. The molecule has 4 heterocycles. The van der Waals surface area contributed by atoms with E-state index in [9.17, 15) is 9.18 Å². The smallest absolute Gasteiger partial charge is 0.271 e. The minimum atomic E-state index is -0.983. The van der Waals surface area contributed by atoms with E-state index in [-0.39, 0.29) is 31.5 Å². The number of amides is 1. The van der Waals surface area contributed by atoms with Crippen LogP contribution >= 0.6 is 0 Å². The van der Waals surface area contributed by atoms with Gasteiger partial charge < -0.3 is 19.5 Å². The van der Waals surface area contributed by atoms with Crippen molar-refractivity contribution in [2.75, 3.05) is 13.2 Å². The molecule has 1 saturated heterocycles. The summed E-state index contributed by atoms with van der Waals surface area (Å²) in [6.07, 6.45) is 3.41. The number of rotatable bonds is 6. The molecule has 3 aromatic heterocycles. The molecule has 1 aliphatic heterocycles. The van der Waals surface area contributed by atoms with Crippen LogP contribution in [0.2, 0.25) is 0 Å². The number of imidazole rings is 1. The van der Waals surface area contributed by atoms with Gasteiger partial charge in [0.05, 0.1) is 24.6 Å². The Bertz CT molecular complexity index is 1390. The lowest BCUT2D eigenvalue weighted by atomic mass is 9.94. The fourth-order valence-corrected chi connectivity index (χ4v) is 4.20. The number of carbonyl (C=O) groups excluding carboxylic acids is 1. The molecule has 5 rings (SSSR count). The highest BCUT2D eigenvalue weighted by Crippen LogP contribution is 2.31. The standard InChI is InChI=1S/C27H27FN4O4/c1-18-23(25(33)31-27(22-12-6-7-13-29-22)16-35-26(2,3)36-17-27)32-14-8-11-21(24(32)30-18)34-15-19-9-4-5-10-20(19)28/h4-14H,15-17H2,1-3H3,(H,31,33). The van der Waals surface area contributed by atoms with Gasteiger partial charge >= 0.3 is 0 Å². The largest absolute Gasteiger partial charge is 0.485 e. The number of nitrogens with zero attached hydrogens (tertiary/aromatic N) is 3. The van der Waals surface area contributed by atoms with Gasteiger partial charge in [0.25, 0.3) is 5.91 Å². The molecule has 0 unspecified atom stereocenters. The fourth-order valence-electron chi connectivity index (χ4n) is 4.20. The summed E-state index contributed by atoms with van der Waals surface area (Å²) in [7, 11) is 0. The van der Waals surface area contributed by atoms with Gasteiger partial charge in [-0.05, 0) is 51.1 Å². The Balaban J connectivity index is 1.45. The Kier molecular flexibility index (Phi) is 6.19. The Morgan fingerprint density at radius 1 is 1.11 bits per heavy atom. The van der Waals surface area contributed by atoms with Gasteiger partial charge in [-0.2, -0.15) is 0 Å². The summed E-state index contributed by atoms with van der Waals surface area (Å²) >= 11 is 0. The van der Waals surface area contributed by atoms with E-state index in [4.69, 9.17) is 14.2 Å². The fraction of sp³-hybridized carbons (Fsp3) is 0.296. The van der Waals surface area contributed by atoms with E-state index in [0.29, 0.717) is 34.0 Å². The van der Waals surface area contributed by atoms with E-state index < -0.39 is 11.3 Å². The number of halogens is 1. The number of nitrogens with one attached hydrogen (secondary N) is 1. The molecule has 1 amide bonds. The molecule has 8 nitrogen and oxygen atoms in total. The number of aromatic nitrogens is 3. The Labute approximate surface area is 208 Å². The van der Waals surface area contributed by atoms with Crippen LogP contribution in [-0.2, 0) is 21.6 Å². The zero-order chi connectivity index (χ0) is 25.3. The Morgan fingerprint density at radius 2 is 1.86 bits per heavy atom. The Hall–Kier alpha value is -3.82. The molecule has 1 aliphatic rings. The van der Waals surface area contributed by atoms with Crippen molar-refractivity contribution in [1.29, 1.82) is 0 Å². The molecule has 9 heteroatoms. The predicted molar refractivity (Wildman–Crippen MR) is 130 cm³/mol. The molecule has 186 valence electrons. The maximum absolute atomic E-state index is 14.0. The molecule has 0 bridgehead atoms. The van der Waals surface area contributed by atoms with Crippen molar-refractivity contribution in [2.45, 2.75) is 38.7 Å². The topological polar surface area (TPSA) is 87.0 Å². The number of fused-ring (bicyclic) bond motifs is 1. The van der Waals surface area contributed by atoms with Crippen LogP contribution in [0.15, 0.2) is 67.0 Å². The van der Waals surface area contributed by atoms with Gasteiger partial charge in [0.2, 0.25) is 0 Å². The lowest BCUT2D eigenvalue weighted by Crippen LogP contribution is -2.59. The molecule has 1 fully saturated rings. The number of hydrogen-bond donors (Lipinski definition) is 1. The lowest BCUT2D eigenvalue weighted by Gasteiger charge is -2.43. The minimum absolute atomic E-state index is 0.0348. The van der Waals surface area contributed by atoms with Crippen LogP contribution < -0.4 is 10.1 Å². The van der Waals surface area contributed by atoms with Gasteiger partial charge in [0.1, 0.15) is 23.7 Å². The van der Waals surface area contributed by atoms with E-state index in [1.54, 1.807) is 54.0 Å². The number of carbonyl (C=O) groups is 1. The third kappa shape index (κ3) is 4.55. The third-order valence-electron chi connectivity index (χ3n) is 6.18. The van der Waals surface area contributed by atoms with Crippen LogP contribution in [0, 0.1) is 12.7 Å². The molecular formula is C27H27FN4O4. The van der Waals surface area contributed by atoms with Crippen molar-refractivity contribution >= 4 is 11.6 Å². The first kappa shape index (κ1) is 23.9. The van der Waals surface area contributed by atoms with E-state index in [0.717, 1.165) is 0 Å². The molecule has 4 aromatic rings. The average Bonchev–Trinajstić information content (AvgIpc) is 3.22. The van der Waals surface area contributed by atoms with Crippen molar-refractivity contribution in [3.8, 4) is 5.75 Å². The minimum Gasteiger partial charge on any atom is -0.485 e. The number of benzene rings is 1. The first-order valence-electron chi connectivity index (χ1n) is 11.6. The van der Waals surface area contributed by atoms with Gasteiger partial charge in [0, 0.05) is 18.0 Å². The zero-order valence-corrected chi connectivity index (χ0v) is 20.3. The predicted octanol–water partition coefficient (Wildman–Crippen LogP) is 4.16. The molecule has 36 heavy (non-hydrogen) atoms. The van der Waals surface area contributed by atoms with Gasteiger partial charge in [-0.25, -0.2) is 9.37 Å². The quantitative estimate of drug-likeness (QED) is 0.437. The maximum Gasteiger partial charge on any atom is 0.271 e. The second-order valence-corrected chi connectivity index (χ2v) is 9.22. The molecule has 0 spiro atoms. The van der Waals surface area contributed by atoms with Gasteiger partial charge in [-0.1, -0.05) is 24.3 Å². The van der Waals surface area contributed by atoms with E-state index in [1.807, 2.05) is 32.0 Å². The van der Waals surface area contributed by atoms with Crippen LogP contribution in [0.4, 0.5) is 4.39 Å². The van der Waals surface area contributed by atoms with E-state index >= 15 is 0 Å². The monoisotopic (exact) mass is 490 g/mol. The highest BCUT2D eigenvalue weighted by molar-refractivity contribution is 5.95. The van der Waals surface area contributed by atoms with Crippen molar-refractivity contribution in [3.05, 3.63) is 95.5 Å². The van der Waals surface area contributed by atoms with Crippen molar-refractivity contribution in [2.24, 2.45) is 0 Å². The molecule has 0 atom stereocenters. The molecule has 1 aromatic carbocycles. The normalized spacial score (nSPS) is 16.6. The molecular weight excluding hydrogens is 463 g/mol. The summed E-state index contributed by atoms with van der Waals surface area (Å²) in [6.45, 7) is 5.83. The van der Waals surface area contributed by atoms with Crippen LogP contribution in [0.5, 0.6) is 5.75 Å². The maximum atomic E-state index is 14.0. The van der Waals surface area contributed by atoms with Crippen molar-refractivity contribution < 1.29 is 23.4 Å². The van der Waals surface area contributed by atoms with Gasteiger partial charge in [-0.3, -0.25) is 14.2 Å². The highest BCUT2D eigenvalue weighted by Gasteiger charge is 2.44. The summed E-state index contributed by atoms with van der Waals surface area (Å²) in [5.41, 5.74) is 1.40. The van der Waals surface area contributed by atoms with E-state index in [1.165, 1.54) is 6.07 Å². The first-order valence-corrected chi connectivity index (χ1v) is 11.6. The van der Waals surface area contributed by atoms with Crippen molar-refractivity contribution in [3.63, 3.8) is 0 Å². The van der Waals surface area contributed by atoms with Crippen molar-refractivity contribution in [1.82, 2.24) is 19.7 Å². The Morgan fingerprint density at radius 3 is 2.58 bits per heavy atom. The van der Waals surface area contributed by atoms with E-state index in [2.05, 4.69) is 15.3 Å².